The molecule has 1 fully saturated rings. The normalized spacial score (nSPS) is 19.2. The van der Waals surface area contributed by atoms with Gasteiger partial charge in [-0.2, -0.15) is 0 Å². The van der Waals surface area contributed by atoms with Gasteiger partial charge >= 0.3 is 0 Å². The molecule has 30 heavy (non-hydrogen) atoms. The molecule has 2 aromatic rings. The Morgan fingerprint density at radius 1 is 1.10 bits per heavy atom. The summed E-state index contributed by atoms with van der Waals surface area (Å²) in [6, 6.07) is 16.1. The Morgan fingerprint density at radius 3 is 2.57 bits per heavy atom. The minimum absolute atomic E-state index is 0.0220. The molecule has 0 spiro atoms. The molecule has 1 atom stereocenters. The van der Waals surface area contributed by atoms with Crippen molar-refractivity contribution in [2.24, 2.45) is 11.1 Å². The lowest BCUT2D eigenvalue weighted by Gasteiger charge is -2.33. The summed E-state index contributed by atoms with van der Waals surface area (Å²) in [4.78, 5) is 20.4. The molecule has 0 aliphatic carbocycles. The standard InChI is InChI=1S/C24H28N2O4/c1-28-19-8-9-22(29-2)20(15-19)21-16-23(30-25-21)24(27)26-12-10-18(11-13-26)14-17-6-4-3-5-7-17/h3-9,15,18,23H,10-14,16H2,1-2H3. The molecule has 2 aliphatic rings. The first kappa shape index (κ1) is 20.3. The highest BCUT2D eigenvalue weighted by Crippen LogP contribution is 2.30. The van der Waals surface area contributed by atoms with Crippen molar-refractivity contribution in [3.63, 3.8) is 0 Å². The van der Waals surface area contributed by atoms with E-state index < -0.39 is 6.10 Å². The maximum Gasteiger partial charge on any atom is 0.266 e. The second kappa shape index (κ2) is 9.20. The fourth-order valence-corrected chi connectivity index (χ4v) is 4.22. The van der Waals surface area contributed by atoms with E-state index in [2.05, 4.69) is 29.4 Å². The van der Waals surface area contributed by atoms with Crippen molar-refractivity contribution in [1.29, 1.82) is 0 Å². The lowest BCUT2D eigenvalue weighted by atomic mass is 9.90. The molecule has 1 saturated heterocycles. The van der Waals surface area contributed by atoms with Crippen molar-refractivity contribution in [3.8, 4) is 11.5 Å². The molecular weight excluding hydrogens is 380 g/mol. The van der Waals surface area contributed by atoms with E-state index in [1.54, 1.807) is 14.2 Å². The van der Waals surface area contributed by atoms with Gasteiger partial charge in [0.05, 0.1) is 19.9 Å². The topological polar surface area (TPSA) is 60.4 Å². The summed E-state index contributed by atoms with van der Waals surface area (Å²) in [6.45, 7) is 1.54. The predicted molar refractivity (Wildman–Crippen MR) is 115 cm³/mol. The fraction of sp³-hybridized carbons (Fsp3) is 0.417. The van der Waals surface area contributed by atoms with E-state index >= 15 is 0 Å². The van der Waals surface area contributed by atoms with Crippen LogP contribution in [0.5, 0.6) is 11.5 Å². The molecule has 1 amide bonds. The second-order valence-corrected chi connectivity index (χ2v) is 7.86. The van der Waals surface area contributed by atoms with Crippen molar-refractivity contribution < 1.29 is 19.1 Å². The number of methoxy groups -OCH3 is 2. The van der Waals surface area contributed by atoms with Gasteiger partial charge in [0.2, 0.25) is 6.10 Å². The summed E-state index contributed by atoms with van der Waals surface area (Å²) in [7, 11) is 3.23. The van der Waals surface area contributed by atoms with Crippen LogP contribution in [0, 0.1) is 5.92 Å². The molecule has 0 radical (unpaired) electrons. The number of oxime groups is 1. The summed E-state index contributed by atoms with van der Waals surface area (Å²) < 4.78 is 10.8. The smallest absolute Gasteiger partial charge is 0.266 e. The van der Waals surface area contributed by atoms with E-state index in [4.69, 9.17) is 14.3 Å². The van der Waals surface area contributed by atoms with Gasteiger partial charge in [-0.3, -0.25) is 4.79 Å². The highest BCUT2D eigenvalue weighted by molar-refractivity contribution is 6.06. The Bertz CT molecular complexity index is 905. The van der Waals surface area contributed by atoms with E-state index in [1.807, 2.05) is 29.2 Å². The molecule has 2 aromatic carbocycles. The maximum absolute atomic E-state index is 13.0. The zero-order valence-electron chi connectivity index (χ0n) is 17.5. The number of hydrogen-bond acceptors (Lipinski definition) is 5. The largest absolute Gasteiger partial charge is 0.497 e. The van der Waals surface area contributed by atoms with Gasteiger partial charge in [-0.1, -0.05) is 35.5 Å². The fourth-order valence-electron chi connectivity index (χ4n) is 4.22. The van der Waals surface area contributed by atoms with Crippen molar-refractivity contribution >= 4 is 11.6 Å². The van der Waals surface area contributed by atoms with E-state index in [-0.39, 0.29) is 5.91 Å². The summed E-state index contributed by atoms with van der Waals surface area (Å²) >= 11 is 0. The van der Waals surface area contributed by atoms with Gasteiger partial charge in [0.1, 0.15) is 11.5 Å². The molecule has 6 heteroatoms. The quantitative estimate of drug-likeness (QED) is 0.732. The number of nitrogens with zero attached hydrogens (tertiary/aromatic N) is 2. The van der Waals surface area contributed by atoms with Gasteiger partial charge in [0.15, 0.2) is 0 Å². The van der Waals surface area contributed by atoms with Crippen LogP contribution < -0.4 is 9.47 Å². The Labute approximate surface area is 177 Å². The summed E-state index contributed by atoms with van der Waals surface area (Å²) in [5.41, 5.74) is 2.88. The Balaban J connectivity index is 1.33. The van der Waals surface area contributed by atoms with Gasteiger partial charge < -0.3 is 19.2 Å². The van der Waals surface area contributed by atoms with Crippen LogP contribution in [-0.2, 0) is 16.1 Å². The zero-order valence-corrected chi connectivity index (χ0v) is 17.5. The Hall–Kier alpha value is -3.02. The first-order valence-electron chi connectivity index (χ1n) is 10.5. The van der Waals surface area contributed by atoms with Gasteiger partial charge in [-0.25, -0.2) is 0 Å². The SMILES string of the molecule is COc1ccc(OC)c(C2=NOC(C(=O)N3CCC(Cc4ccccc4)CC3)C2)c1. The number of ether oxygens (including phenoxy) is 2. The van der Waals surface area contributed by atoms with Crippen LogP contribution in [0.3, 0.4) is 0 Å². The number of piperidine rings is 1. The average molecular weight is 408 g/mol. The second-order valence-electron chi connectivity index (χ2n) is 7.86. The first-order valence-corrected chi connectivity index (χ1v) is 10.5. The molecule has 2 heterocycles. The third kappa shape index (κ3) is 4.42. The molecule has 0 aromatic heterocycles. The van der Waals surface area contributed by atoms with E-state index in [0.29, 0.717) is 29.5 Å². The number of hydrogen-bond donors (Lipinski definition) is 0. The summed E-state index contributed by atoms with van der Waals surface area (Å²) in [5, 5.41) is 4.19. The molecule has 0 saturated carbocycles. The van der Waals surface area contributed by atoms with Crippen LogP contribution in [-0.4, -0.2) is 49.9 Å². The Kier molecular flexibility index (Phi) is 6.21. The number of rotatable bonds is 6. The molecule has 0 bridgehead atoms. The van der Waals surface area contributed by atoms with Gasteiger partial charge in [0.25, 0.3) is 5.91 Å². The average Bonchev–Trinajstić information content (AvgIpc) is 3.29. The van der Waals surface area contributed by atoms with Crippen LogP contribution in [0.25, 0.3) is 0 Å². The van der Waals surface area contributed by atoms with E-state index in [9.17, 15) is 4.79 Å². The van der Waals surface area contributed by atoms with Crippen LogP contribution in [0.2, 0.25) is 0 Å². The minimum atomic E-state index is -0.568. The number of likely N-dealkylation sites (tertiary alicyclic amines) is 1. The summed E-state index contributed by atoms with van der Waals surface area (Å²) in [6.07, 6.45) is 2.98. The van der Waals surface area contributed by atoms with Crippen LogP contribution in [0.1, 0.15) is 30.4 Å². The van der Waals surface area contributed by atoms with Crippen molar-refractivity contribution in [3.05, 3.63) is 59.7 Å². The predicted octanol–water partition coefficient (Wildman–Crippen LogP) is 3.68. The van der Waals surface area contributed by atoms with E-state index in [0.717, 1.165) is 37.9 Å². The number of carbonyl (C=O) groups is 1. The van der Waals surface area contributed by atoms with Gasteiger partial charge in [0, 0.05) is 25.1 Å². The monoisotopic (exact) mass is 408 g/mol. The van der Waals surface area contributed by atoms with Gasteiger partial charge in [-0.15, -0.1) is 0 Å². The molecule has 0 N–H and O–H groups in total. The maximum atomic E-state index is 13.0. The van der Waals surface area contributed by atoms with Crippen molar-refractivity contribution in [2.75, 3.05) is 27.3 Å². The number of amides is 1. The van der Waals surface area contributed by atoms with Crippen LogP contribution >= 0.6 is 0 Å². The zero-order chi connectivity index (χ0) is 20.9. The number of carbonyl (C=O) groups excluding carboxylic acids is 1. The molecular formula is C24H28N2O4. The van der Waals surface area contributed by atoms with Crippen LogP contribution in [0.15, 0.2) is 53.7 Å². The molecule has 158 valence electrons. The van der Waals surface area contributed by atoms with E-state index in [1.165, 1.54) is 5.56 Å². The third-order valence-electron chi connectivity index (χ3n) is 5.96. The minimum Gasteiger partial charge on any atom is -0.497 e. The lowest BCUT2D eigenvalue weighted by Crippen LogP contribution is -2.44. The third-order valence-corrected chi connectivity index (χ3v) is 5.96. The van der Waals surface area contributed by atoms with Gasteiger partial charge in [-0.05, 0) is 48.9 Å². The lowest BCUT2D eigenvalue weighted by molar-refractivity contribution is -0.143. The van der Waals surface area contributed by atoms with Crippen molar-refractivity contribution in [2.45, 2.75) is 31.8 Å². The summed E-state index contributed by atoms with van der Waals surface area (Å²) in [5.74, 6) is 2.04. The number of benzene rings is 2. The molecule has 4 rings (SSSR count). The van der Waals surface area contributed by atoms with Crippen LogP contribution in [0.4, 0.5) is 0 Å². The molecule has 6 nitrogen and oxygen atoms in total. The van der Waals surface area contributed by atoms with Crippen molar-refractivity contribution in [1.82, 2.24) is 4.90 Å². The first-order chi connectivity index (χ1) is 14.7. The molecule has 1 unspecified atom stereocenters. The molecule has 2 aliphatic heterocycles. The Morgan fingerprint density at radius 2 is 1.87 bits per heavy atom. The highest BCUT2D eigenvalue weighted by atomic mass is 16.6. The highest BCUT2D eigenvalue weighted by Gasteiger charge is 2.35.